The number of ether oxygens (including phenoxy) is 1. The summed E-state index contributed by atoms with van der Waals surface area (Å²) in [6.07, 6.45) is 0. The fourth-order valence-electron chi connectivity index (χ4n) is 3.17. The molecule has 1 saturated heterocycles. The zero-order valence-electron chi connectivity index (χ0n) is 15.7. The van der Waals surface area contributed by atoms with Gasteiger partial charge in [0.25, 0.3) is 10.0 Å². The van der Waals surface area contributed by atoms with Crippen LogP contribution in [0, 0.1) is 6.92 Å². The van der Waals surface area contributed by atoms with E-state index >= 15 is 0 Å². The number of thiophene rings is 1. The number of hydrogen-bond donors (Lipinski definition) is 0. The van der Waals surface area contributed by atoms with Gasteiger partial charge in [-0.2, -0.15) is 4.31 Å². The summed E-state index contributed by atoms with van der Waals surface area (Å²) < 4.78 is 33.4. The maximum absolute atomic E-state index is 13.1. The number of aryl methyl sites for hydroxylation is 1. The molecule has 1 aromatic carbocycles. The predicted octanol–water partition coefficient (Wildman–Crippen LogP) is 3.70. The van der Waals surface area contributed by atoms with Crippen molar-refractivity contribution in [1.82, 2.24) is 9.29 Å². The first-order valence-corrected chi connectivity index (χ1v) is 12.1. The van der Waals surface area contributed by atoms with Gasteiger partial charge in [-0.05, 0) is 25.1 Å². The molecule has 0 saturated carbocycles. The summed E-state index contributed by atoms with van der Waals surface area (Å²) in [7, 11) is -1.84. The number of methoxy groups -OCH3 is 1. The van der Waals surface area contributed by atoms with Crippen molar-refractivity contribution in [2.45, 2.75) is 11.1 Å². The summed E-state index contributed by atoms with van der Waals surface area (Å²) in [6.45, 7) is 4.16. The van der Waals surface area contributed by atoms with E-state index in [9.17, 15) is 8.42 Å². The summed E-state index contributed by atoms with van der Waals surface area (Å²) >= 11 is 2.80. The zero-order valence-corrected chi connectivity index (χ0v) is 18.1. The number of aromatic nitrogens is 1. The first kappa shape index (κ1) is 19.4. The molecule has 0 atom stereocenters. The van der Waals surface area contributed by atoms with Gasteiger partial charge >= 0.3 is 0 Å². The van der Waals surface area contributed by atoms with Gasteiger partial charge in [-0.3, -0.25) is 0 Å². The smallest absolute Gasteiger partial charge is 0.252 e. The van der Waals surface area contributed by atoms with Crippen LogP contribution in [-0.4, -0.2) is 51.0 Å². The van der Waals surface area contributed by atoms with Crippen LogP contribution in [0.3, 0.4) is 0 Å². The second-order valence-electron chi connectivity index (χ2n) is 6.54. The first-order valence-electron chi connectivity index (χ1n) is 8.87. The lowest BCUT2D eigenvalue weighted by atomic mass is 10.2. The third-order valence-corrected chi connectivity index (χ3v) is 9.02. The summed E-state index contributed by atoms with van der Waals surface area (Å²) in [4.78, 5) is 6.63. The van der Waals surface area contributed by atoms with Crippen molar-refractivity contribution in [3.8, 4) is 16.3 Å². The minimum absolute atomic E-state index is 0.380. The Morgan fingerprint density at radius 1 is 1.07 bits per heavy atom. The Morgan fingerprint density at radius 2 is 1.86 bits per heavy atom. The van der Waals surface area contributed by atoms with Crippen molar-refractivity contribution in [3.05, 3.63) is 46.8 Å². The molecule has 1 aliphatic rings. The molecule has 0 spiro atoms. The number of thiazole rings is 1. The standard InChI is InChI=1S/C19H21N3O3S3/c1-14-12-27-19(20-14)15-10-18(26-13-15)28(23,24)22-8-6-21(7-9-22)16-4-3-5-17(11-16)25-2/h3-5,10-13H,6-9H2,1-2H3. The number of benzene rings is 1. The Bertz CT molecular complexity index is 1070. The van der Waals surface area contributed by atoms with Crippen LogP contribution in [0.1, 0.15) is 5.69 Å². The van der Waals surface area contributed by atoms with Crippen molar-refractivity contribution in [1.29, 1.82) is 0 Å². The number of piperazine rings is 1. The quantitative estimate of drug-likeness (QED) is 0.612. The SMILES string of the molecule is COc1cccc(N2CCN(S(=O)(=O)c3cc(-c4nc(C)cs4)cs3)CC2)c1. The van der Waals surface area contributed by atoms with E-state index in [-0.39, 0.29) is 0 Å². The second-order valence-corrected chi connectivity index (χ2v) is 10.5. The van der Waals surface area contributed by atoms with E-state index in [4.69, 9.17) is 4.74 Å². The van der Waals surface area contributed by atoms with Gasteiger partial charge in [0.2, 0.25) is 0 Å². The molecule has 1 fully saturated rings. The van der Waals surface area contributed by atoms with E-state index in [2.05, 4.69) is 9.88 Å². The molecular formula is C19H21N3O3S3. The molecule has 0 bridgehead atoms. The van der Waals surface area contributed by atoms with Crippen molar-refractivity contribution in [2.24, 2.45) is 0 Å². The highest BCUT2D eigenvalue weighted by molar-refractivity contribution is 7.91. The number of nitrogens with zero attached hydrogens (tertiary/aromatic N) is 3. The summed E-state index contributed by atoms with van der Waals surface area (Å²) in [5, 5.41) is 4.70. The van der Waals surface area contributed by atoms with Gasteiger partial charge in [-0.15, -0.1) is 22.7 Å². The normalized spacial score (nSPS) is 15.7. The van der Waals surface area contributed by atoms with Gasteiger partial charge in [0.15, 0.2) is 0 Å². The molecule has 4 rings (SSSR count). The van der Waals surface area contributed by atoms with Gasteiger partial charge in [0.1, 0.15) is 15.0 Å². The molecule has 0 unspecified atom stereocenters. The van der Waals surface area contributed by atoms with E-state index in [1.54, 1.807) is 17.5 Å². The highest BCUT2D eigenvalue weighted by Gasteiger charge is 2.30. The van der Waals surface area contributed by atoms with Crippen LogP contribution >= 0.6 is 22.7 Å². The van der Waals surface area contributed by atoms with Crippen molar-refractivity contribution >= 4 is 38.4 Å². The lowest BCUT2D eigenvalue weighted by Crippen LogP contribution is -2.48. The van der Waals surface area contributed by atoms with Crippen LogP contribution in [-0.2, 0) is 10.0 Å². The third kappa shape index (κ3) is 3.80. The molecular weight excluding hydrogens is 414 g/mol. The summed E-state index contributed by atoms with van der Waals surface area (Å²) in [5.74, 6) is 0.802. The second kappa shape index (κ2) is 7.82. The Balaban J connectivity index is 1.47. The molecule has 9 heteroatoms. The lowest BCUT2D eigenvalue weighted by Gasteiger charge is -2.35. The maximum Gasteiger partial charge on any atom is 0.252 e. The van der Waals surface area contributed by atoms with Crippen LogP contribution < -0.4 is 9.64 Å². The Labute approximate surface area is 173 Å². The molecule has 3 heterocycles. The average Bonchev–Trinajstić information content (AvgIpc) is 3.37. The Kier molecular flexibility index (Phi) is 5.42. The fraction of sp³-hybridized carbons (Fsp3) is 0.316. The van der Waals surface area contributed by atoms with Gasteiger partial charge in [0, 0.05) is 60.0 Å². The van der Waals surface area contributed by atoms with Crippen LogP contribution in [0.15, 0.2) is 45.3 Å². The molecule has 1 aliphatic heterocycles. The molecule has 28 heavy (non-hydrogen) atoms. The van der Waals surface area contributed by atoms with Gasteiger partial charge in [-0.1, -0.05) is 6.07 Å². The zero-order chi connectivity index (χ0) is 19.7. The largest absolute Gasteiger partial charge is 0.497 e. The number of hydrogen-bond acceptors (Lipinski definition) is 7. The Hall–Kier alpha value is -1.94. The van der Waals surface area contributed by atoms with Crippen LogP contribution in [0.2, 0.25) is 0 Å². The third-order valence-electron chi connectivity index (χ3n) is 4.69. The molecule has 3 aromatic rings. The van der Waals surface area contributed by atoms with E-state index in [0.717, 1.165) is 27.7 Å². The van der Waals surface area contributed by atoms with Gasteiger partial charge in [0.05, 0.1) is 7.11 Å². The van der Waals surface area contributed by atoms with E-state index < -0.39 is 10.0 Å². The molecule has 0 radical (unpaired) electrons. The highest BCUT2D eigenvalue weighted by atomic mass is 32.2. The van der Waals surface area contributed by atoms with Crippen molar-refractivity contribution in [2.75, 3.05) is 38.2 Å². The molecule has 6 nitrogen and oxygen atoms in total. The van der Waals surface area contributed by atoms with Crippen molar-refractivity contribution in [3.63, 3.8) is 0 Å². The number of sulfonamides is 1. The number of anilines is 1. The average molecular weight is 436 g/mol. The topological polar surface area (TPSA) is 62.7 Å². The highest BCUT2D eigenvalue weighted by Crippen LogP contribution is 2.32. The monoisotopic (exact) mass is 435 g/mol. The van der Waals surface area contributed by atoms with Crippen LogP contribution in [0.4, 0.5) is 5.69 Å². The van der Waals surface area contributed by atoms with Crippen molar-refractivity contribution < 1.29 is 13.2 Å². The van der Waals surface area contributed by atoms with E-state index in [1.807, 2.05) is 41.9 Å². The van der Waals surface area contributed by atoms with E-state index in [1.165, 1.54) is 22.7 Å². The van der Waals surface area contributed by atoms with Gasteiger partial charge in [-0.25, -0.2) is 13.4 Å². The van der Waals surface area contributed by atoms with Gasteiger partial charge < -0.3 is 9.64 Å². The molecule has 0 amide bonds. The minimum Gasteiger partial charge on any atom is -0.497 e. The number of rotatable bonds is 5. The maximum atomic E-state index is 13.1. The summed E-state index contributed by atoms with van der Waals surface area (Å²) in [5.41, 5.74) is 2.87. The first-order chi connectivity index (χ1) is 13.5. The van der Waals surface area contributed by atoms with Crippen LogP contribution in [0.5, 0.6) is 5.75 Å². The molecule has 148 valence electrons. The van der Waals surface area contributed by atoms with E-state index in [0.29, 0.717) is 30.4 Å². The molecule has 2 aromatic heterocycles. The molecule has 0 N–H and O–H groups in total. The predicted molar refractivity (Wildman–Crippen MR) is 114 cm³/mol. The Morgan fingerprint density at radius 3 is 2.54 bits per heavy atom. The minimum atomic E-state index is -3.48. The summed E-state index contributed by atoms with van der Waals surface area (Å²) in [6, 6.07) is 9.60. The van der Waals surface area contributed by atoms with Crippen LogP contribution in [0.25, 0.3) is 10.6 Å². The molecule has 0 aliphatic carbocycles. The fourth-order valence-corrected chi connectivity index (χ4v) is 6.77. The lowest BCUT2D eigenvalue weighted by molar-refractivity contribution is 0.385.